The fourth-order valence-electron chi connectivity index (χ4n) is 1.97. The molecular weight excluding hydrogens is 270 g/mol. The van der Waals surface area contributed by atoms with Crippen molar-refractivity contribution in [3.63, 3.8) is 0 Å². The Kier molecular flexibility index (Phi) is 5.48. The number of benzene rings is 1. The largest absolute Gasteiger partial charge is 0.395 e. The molecule has 0 aliphatic carbocycles. The molecule has 0 atom stereocenters. The molecule has 6 heteroatoms. The Morgan fingerprint density at radius 2 is 2.10 bits per heavy atom. The second-order valence-electron chi connectivity index (χ2n) is 4.52. The molecule has 1 amide bonds. The van der Waals surface area contributed by atoms with E-state index in [1.807, 2.05) is 30.3 Å². The van der Waals surface area contributed by atoms with Crippen molar-refractivity contribution in [1.82, 2.24) is 14.7 Å². The van der Waals surface area contributed by atoms with Crippen LogP contribution < -0.4 is 0 Å². The van der Waals surface area contributed by atoms with Gasteiger partial charge in [0.2, 0.25) is 0 Å². The van der Waals surface area contributed by atoms with Gasteiger partial charge in [-0.3, -0.25) is 4.79 Å². The molecule has 0 saturated heterocycles. The van der Waals surface area contributed by atoms with Crippen LogP contribution in [0.5, 0.6) is 0 Å². The maximum Gasteiger partial charge on any atom is 0.257 e. The van der Waals surface area contributed by atoms with E-state index in [1.54, 1.807) is 22.9 Å². The van der Waals surface area contributed by atoms with Crippen LogP contribution in [0, 0.1) is 0 Å². The number of aliphatic hydroxyl groups is 1. The lowest BCUT2D eigenvalue weighted by Gasteiger charge is -2.20. The summed E-state index contributed by atoms with van der Waals surface area (Å²) in [5.74, 6) is -0.164. The summed E-state index contributed by atoms with van der Waals surface area (Å²) in [4.78, 5) is 13.9. The Balaban J connectivity index is 2.13. The second kappa shape index (κ2) is 7.56. The normalized spacial score (nSPS) is 10.6. The molecular formula is C15H19N3O3. The predicted octanol–water partition coefficient (Wildman–Crippen LogP) is 0.953. The van der Waals surface area contributed by atoms with Crippen molar-refractivity contribution in [2.24, 2.45) is 0 Å². The van der Waals surface area contributed by atoms with Gasteiger partial charge in [-0.2, -0.15) is 5.10 Å². The van der Waals surface area contributed by atoms with Crippen molar-refractivity contribution in [2.75, 3.05) is 33.4 Å². The maximum atomic E-state index is 12.4. The number of hydrogen-bond donors (Lipinski definition) is 1. The average Bonchev–Trinajstić information content (AvgIpc) is 3.01. The van der Waals surface area contributed by atoms with E-state index in [1.165, 1.54) is 6.20 Å². The van der Waals surface area contributed by atoms with E-state index < -0.39 is 0 Å². The van der Waals surface area contributed by atoms with Crippen LogP contribution in [0.15, 0.2) is 42.7 Å². The molecule has 112 valence electrons. The van der Waals surface area contributed by atoms with Gasteiger partial charge < -0.3 is 14.7 Å². The molecule has 1 N–H and O–H groups in total. The van der Waals surface area contributed by atoms with E-state index in [2.05, 4.69) is 5.10 Å². The molecule has 0 saturated carbocycles. The number of carbonyl (C=O) groups excluding carboxylic acids is 1. The lowest BCUT2D eigenvalue weighted by atomic mass is 10.3. The fraction of sp³-hybridized carbons (Fsp3) is 0.333. The number of carbonyl (C=O) groups is 1. The molecule has 1 aromatic carbocycles. The van der Waals surface area contributed by atoms with Crippen LogP contribution in [0.1, 0.15) is 10.4 Å². The van der Waals surface area contributed by atoms with Gasteiger partial charge in [0.15, 0.2) is 0 Å². The van der Waals surface area contributed by atoms with Gasteiger partial charge in [-0.25, -0.2) is 4.68 Å². The number of rotatable bonds is 7. The second-order valence-corrected chi connectivity index (χ2v) is 4.52. The highest BCUT2D eigenvalue weighted by Gasteiger charge is 2.17. The number of ether oxygens (including phenoxy) is 1. The molecule has 21 heavy (non-hydrogen) atoms. The highest BCUT2D eigenvalue weighted by Crippen LogP contribution is 2.09. The minimum Gasteiger partial charge on any atom is -0.395 e. The lowest BCUT2D eigenvalue weighted by molar-refractivity contribution is 0.0656. The van der Waals surface area contributed by atoms with Gasteiger partial charge in [0.05, 0.1) is 30.7 Å². The summed E-state index contributed by atoms with van der Waals surface area (Å²) in [5, 5.41) is 13.3. The van der Waals surface area contributed by atoms with Crippen LogP contribution in [0.3, 0.4) is 0 Å². The summed E-state index contributed by atoms with van der Waals surface area (Å²) < 4.78 is 6.64. The van der Waals surface area contributed by atoms with Gasteiger partial charge in [-0.05, 0) is 12.1 Å². The fourth-order valence-corrected chi connectivity index (χ4v) is 1.97. The first-order chi connectivity index (χ1) is 10.3. The van der Waals surface area contributed by atoms with Gasteiger partial charge in [0.1, 0.15) is 0 Å². The quantitative estimate of drug-likeness (QED) is 0.824. The van der Waals surface area contributed by atoms with E-state index in [0.717, 1.165) is 5.69 Å². The first kappa shape index (κ1) is 15.2. The zero-order valence-electron chi connectivity index (χ0n) is 12.0. The molecule has 2 aromatic rings. The van der Waals surface area contributed by atoms with E-state index in [-0.39, 0.29) is 19.1 Å². The SMILES string of the molecule is COCCN(CCO)C(=O)c1cnn(-c2ccccc2)c1. The molecule has 0 fully saturated rings. The number of amides is 1. The molecule has 1 aromatic heterocycles. The first-order valence-corrected chi connectivity index (χ1v) is 6.75. The third kappa shape index (κ3) is 3.90. The molecule has 6 nitrogen and oxygen atoms in total. The van der Waals surface area contributed by atoms with Crippen LogP contribution in [-0.4, -0.2) is 59.1 Å². The summed E-state index contributed by atoms with van der Waals surface area (Å²) in [6, 6.07) is 9.58. The summed E-state index contributed by atoms with van der Waals surface area (Å²) in [7, 11) is 1.58. The highest BCUT2D eigenvalue weighted by molar-refractivity contribution is 5.93. The van der Waals surface area contributed by atoms with E-state index in [0.29, 0.717) is 18.7 Å². The summed E-state index contributed by atoms with van der Waals surface area (Å²) in [6.07, 6.45) is 3.22. The van der Waals surface area contributed by atoms with Gasteiger partial charge >= 0.3 is 0 Å². The van der Waals surface area contributed by atoms with Crippen LogP contribution in [-0.2, 0) is 4.74 Å². The molecule has 2 rings (SSSR count). The monoisotopic (exact) mass is 289 g/mol. The van der Waals surface area contributed by atoms with Crippen molar-refractivity contribution < 1.29 is 14.6 Å². The number of aromatic nitrogens is 2. The zero-order valence-corrected chi connectivity index (χ0v) is 12.0. The van der Waals surface area contributed by atoms with E-state index in [4.69, 9.17) is 9.84 Å². The van der Waals surface area contributed by atoms with Crippen molar-refractivity contribution in [1.29, 1.82) is 0 Å². The Morgan fingerprint density at radius 3 is 2.76 bits per heavy atom. The first-order valence-electron chi connectivity index (χ1n) is 6.75. The van der Waals surface area contributed by atoms with Gasteiger partial charge in [-0.1, -0.05) is 18.2 Å². The molecule has 0 bridgehead atoms. The predicted molar refractivity (Wildman–Crippen MR) is 78.4 cm³/mol. The van der Waals surface area contributed by atoms with Crippen molar-refractivity contribution >= 4 is 5.91 Å². The Labute approximate surface area is 123 Å². The van der Waals surface area contributed by atoms with Crippen molar-refractivity contribution in [3.8, 4) is 5.69 Å². The van der Waals surface area contributed by atoms with E-state index in [9.17, 15) is 4.79 Å². The topological polar surface area (TPSA) is 67.6 Å². The molecule has 0 spiro atoms. The van der Waals surface area contributed by atoms with Gasteiger partial charge in [0, 0.05) is 26.4 Å². The molecule has 0 radical (unpaired) electrons. The molecule has 0 aliphatic heterocycles. The van der Waals surface area contributed by atoms with Gasteiger partial charge in [0.25, 0.3) is 5.91 Å². The van der Waals surface area contributed by atoms with Crippen LogP contribution >= 0.6 is 0 Å². The van der Waals surface area contributed by atoms with Crippen LogP contribution in [0.25, 0.3) is 5.69 Å². The minimum absolute atomic E-state index is 0.0811. The third-order valence-corrected chi connectivity index (χ3v) is 3.07. The number of methoxy groups -OCH3 is 1. The number of nitrogens with zero attached hydrogens (tertiary/aromatic N) is 3. The van der Waals surface area contributed by atoms with Crippen molar-refractivity contribution in [2.45, 2.75) is 0 Å². The van der Waals surface area contributed by atoms with Crippen molar-refractivity contribution in [3.05, 3.63) is 48.3 Å². The molecule has 0 unspecified atom stereocenters. The van der Waals surface area contributed by atoms with Gasteiger partial charge in [-0.15, -0.1) is 0 Å². The molecule has 0 aliphatic rings. The third-order valence-electron chi connectivity index (χ3n) is 3.07. The number of para-hydroxylation sites is 1. The molecule has 1 heterocycles. The summed E-state index contributed by atoms with van der Waals surface area (Å²) in [6.45, 7) is 1.06. The zero-order chi connectivity index (χ0) is 15.1. The summed E-state index contributed by atoms with van der Waals surface area (Å²) in [5.41, 5.74) is 1.38. The van der Waals surface area contributed by atoms with E-state index >= 15 is 0 Å². The standard InChI is InChI=1S/C15H19N3O3/c1-21-10-8-17(7-9-19)15(20)13-11-16-18(12-13)14-5-3-2-4-6-14/h2-6,11-12,19H,7-10H2,1H3. The Hall–Kier alpha value is -2.18. The average molecular weight is 289 g/mol. The smallest absolute Gasteiger partial charge is 0.257 e. The number of hydrogen-bond acceptors (Lipinski definition) is 4. The maximum absolute atomic E-state index is 12.4. The Morgan fingerprint density at radius 1 is 1.33 bits per heavy atom. The van der Waals surface area contributed by atoms with Crippen LogP contribution in [0.2, 0.25) is 0 Å². The number of aliphatic hydroxyl groups excluding tert-OH is 1. The summed E-state index contributed by atoms with van der Waals surface area (Å²) >= 11 is 0. The minimum atomic E-state index is -0.164. The highest BCUT2D eigenvalue weighted by atomic mass is 16.5. The lowest BCUT2D eigenvalue weighted by Crippen LogP contribution is -2.36. The Bertz CT molecular complexity index is 569. The van der Waals surface area contributed by atoms with Crippen LogP contribution in [0.4, 0.5) is 0 Å².